The van der Waals surface area contributed by atoms with E-state index in [2.05, 4.69) is 22.4 Å². The van der Waals surface area contributed by atoms with Gasteiger partial charge >= 0.3 is 0 Å². The van der Waals surface area contributed by atoms with Gasteiger partial charge in [0.15, 0.2) is 0 Å². The maximum absolute atomic E-state index is 13.4. The van der Waals surface area contributed by atoms with Crippen molar-refractivity contribution in [2.24, 2.45) is 36.5 Å². The Morgan fingerprint density at radius 2 is 1.94 bits per heavy atom. The molecule has 5 atom stereocenters. The van der Waals surface area contributed by atoms with E-state index in [1.54, 1.807) is 20.3 Å². The predicted molar refractivity (Wildman–Crippen MR) is 124 cm³/mol. The highest BCUT2D eigenvalue weighted by molar-refractivity contribution is 6.02. The lowest BCUT2D eigenvalue weighted by molar-refractivity contribution is -0.134. The van der Waals surface area contributed by atoms with Crippen molar-refractivity contribution in [1.29, 1.82) is 0 Å². The molecule has 0 radical (unpaired) electrons. The Balaban J connectivity index is 1.25. The summed E-state index contributed by atoms with van der Waals surface area (Å²) in [7, 11) is 1.85. The number of nitrogens with zero attached hydrogens (tertiary/aromatic N) is 5. The summed E-state index contributed by atoms with van der Waals surface area (Å²) in [6, 6.07) is 2.00. The number of aryl methyl sites for hydroxylation is 1. The number of nitrogens with one attached hydrogen (secondary N) is 1. The third kappa shape index (κ3) is 3.55. The molecule has 2 amide bonds. The number of nitrogens with two attached hydrogens (primary N) is 1. The maximum Gasteiger partial charge on any atom is 0.260 e. The number of likely N-dealkylation sites (tertiary alicyclic amines) is 1. The Bertz CT molecular complexity index is 1350. The zero-order valence-electron chi connectivity index (χ0n) is 19.5. The second-order valence-corrected chi connectivity index (χ2v) is 10.3. The number of hydrogen-bond acceptors (Lipinski definition) is 5. The van der Waals surface area contributed by atoms with Crippen molar-refractivity contribution >= 4 is 23.0 Å². The van der Waals surface area contributed by atoms with Crippen molar-refractivity contribution in [2.45, 2.75) is 31.7 Å². The molecular weight excluding hydrogens is 456 g/mol. The van der Waals surface area contributed by atoms with Gasteiger partial charge in [0.25, 0.3) is 11.8 Å². The number of primary amides is 1. The summed E-state index contributed by atoms with van der Waals surface area (Å²) in [5.41, 5.74) is 9.21. The predicted octanol–water partition coefficient (Wildman–Crippen LogP) is 2.38. The normalized spacial score (nSPS) is 28.9. The van der Waals surface area contributed by atoms with Crippen molar-refractivity contribution in [3.8, 4) is 11.1 Å². The highest BCUT2D eigenvalue weighted by Gasteiger charge is 2.63. The number of halogens is 2. The number of carbonyl (C=O) groups excluding carboxylic acids is 2. The minimum atomic E-state index is -2.84. The molecule has 1 unspecified atom stereocenters. The number of aromatic nitrogens is 4. The number of alkyl halides is 2. The van der Waals surface area contributed by atoms with Crippen LogP contribution in [0.2, 0.25) is 0 Å². The molecule has 3 aliphatic rings. The number of rotatable bonds is 5. The molecule has 11 heteroatoms. The SMILES string of the molecule is C[C@@H]1[C@H]2CN(C(=O)C3CC3(F)F)C[C@H]2C[C@H]1Nc1c(C(N)=O)cnn2cc(-c3cnn(C)c3)cc12. The molecule has 1 saturated heterocycles. The molecule has 184 valence electrons. The summed E-state index contributed by atoms with van der Waals surface area (Å²) in [4.78, 5) is 26.4. The summed E-state index contributed by atoms with van der Waals surface area (Å²) < 4.78 is 30.2. The molecule has 0 spiro atoms. The van der Waals surface area contributed by atoms with Crippen molar-refractivity contribution in [2.75, 3.05) is 18.4 Å². The third-order valence-corrected chi connectivity index (χ3v) is 8.06. The standard InChI is InChI=1S/C24H27F2N7O2/c1-12-17-11-32(23(35)18-5-24(18,25)26)9-14(17)3-19(12)30-21-16(22(27)34)7-29-33-10-13(4-20(21)33)15-6-28-31(2)8-15/h4,6-8,10,12,14,17-19,30H,3,5,9,11H2,1-2H3,(H2,27,34)/t12-,14-,17-,18?,19-/m1/s1. The number of carbonyl (C=O) groups is 2. The minimum absolute atomic E-state index is 0.0469. The molecule has 3 aromatic rings. The van der Waals surface area contributed by atoms with Gasteiger partial charge in [-0.15, -0.1) is 0 Å². The van der Waals surface area contributed by atoms with E-state index < -0.39 is 23.7 Å². The summed E-state index contributed by atoms with van der Waals surface area (Å²) in [5, 5.41) is 12.2. The monoisotopic (exact) mass is 483 g/mol. The molecular formula is C24H27F2N7O2. The van der Waals surface area contributed by atoms with Gasteiger partial charge < -0.3 is 16.0 Å². The molecule has 3 fully saturated rings. The molecule has 3 aromatic heterocycles. The Kier molecular flexibility index (Phi) is 4.71. The molecule has 2 saturated carbocycles. The van der Waals surface area contributed by atoms with Crippen molar-refractivity contribution in [1.82, 2.24) is 24.3 Å². The van der Waals surface area contributed by atoms with Crippen molar-refractivity contribution in [3.05, 3.63) is 36.4 Å². The first-order valence-electron chi connectivity index (χ1n) is 11.9. The van der Waals surface area contributed by atoms with E-state index in [-0.39, 0.29) is 30.2 Å². The van der Waals surface area contributed by atoms with Gasteiger partial charge in [0.05, 0.1) is 29.2 Å². The highest BCUT2D eigenvalue weighted by Crippen LogP contribution is 2.51. The molecule has 6 rings (SSSR count). The average Bonchev–Trinajstić information content (AvgIpc) is 3.31. The van der Waals surface area contributed by atoms with Gasteiger partial charge in [0.1, 0.15) is 5.92 Å². The smallest absolute Gasteiger partial charge is 0.260 e. The van der Waals surface area contributed by atoms with E-state index in [1.807, 2.05) is 25.5 Å². The molecule has 4 heterocycles. The lowest BCUT2D eigenvalue weighted by atomic mass is 9.93. The number of anilines is 1. The third-order valence-electron chi connectivity index (χ3n) is 8.06. The number of amides is 2. The van der Waals surface area contributed by atoms with Gasteiger partial charge in [-0.3, -0.25) is 14.3 Å². The lowest BCUT2D eigenvalue weighted by Crippen LogP contribution is -2.35. The molecule has 0 aromatic carbocycles. The molecule has 35 heavy (non-hydrogen) atoms. The first-order chi connectivity index (χ1) is 16.6. The van der Waals surface area contributed by atoms with Crippen LogP contribution in [0.1, 0.15) is 30.1 Å². The summed E-state index contributed by atoms with van der Waals surface area (Å²) >= 11 is 0. The van der Waals surface area contributed by atoms with E-state index in [0.29, 0.717) is 24.3 Å². The zero-order valence-corrected chi connectivity index (χ0v) is 19.5. The van der Waals surface area contributed by atoms with Crippen LogP contribution in [0.4, 0.5) is 14.5 Å². The van der Waals surface area contributed by atoms with E-state index >= 15 is 0 Å². The maximum atomic E-state index is 13.4. The Morgan fingerprint density at radius 3 is 2.57 bits per heavy atom. The summed E-state index contributed by atoms with van der Waals surface area (Å²) in [5.74, 6) is -4.34. The van der Waals surface area contributed by atoms with Crippen molar-refractivity contribution in [3.63, 3.8) is 0 Å². The molecule has 3 N–H and O–H groups in total. The molecule has 2 aliphatic carbocycles. The first kappa shape index (κ1) is 22.0. The van der Waals surface area contributed by atoms with Gasteiger partial charge in [-0.05, 0) is 30.2 Å². The van der Waals surface area contributed by atoms with Crippen LogP contribution in [0.3, 0.4) is 0 Å². The number of fused-ring (bicyclic) bond motifs is 2. The molecule has 9 nitrogen and oxygen atoms in total. The lowest BCUT2D eigenvalue weighted by Gasteiger charge is -2.26. The van der Waals surface area contributed by atoms with Crippen LogP contribution in [0.15, 0.2) is 30.9 Å². The largest absolute Gasteiger partial charge is 0.380 e. The van der Waals surface area contributed by atoms with E-state index in [4.69, 9.17) is 5.73 Å². The van der Waals surface area contributed by atoms with Gasteiger partial charge in [-0.2, -0.15) is 10.2 Å². The Hall–Kier alpha value is -3.50. The number of hydrogen-bond donors (Lipinski definition) is 2. The van der Waals surface area contributed by atoms with E-state index in [0.717, 1.165) is 23.1 Å². The van der Waals surface area contributed by atoms with Crippen LogP contribution in [0.25, 0.3) is 16.6 Å². The Morgan fingerprint density at radius 1 is 1.17 bits per heavy atom. The average molecular weight is 484 g/mol. The van der Waals surface area contributed by atoms with Gasteiger partial charge in [0, 0.05) is 56.1 Å². The Labute approximate surface area is 200 Å². The fourth-order valence-electron chi connectivity index (χ4n) is 5.96. The summed E-state index contributed by atoms with van der Waals surface area (Å²) in [6.07, 6.45) is 7.47. The van der Waals surface area contributed by atoms with Crippen LogP contribution < -0.4 is 11.1 Å². The highest BCUT2D eigenvalue weighted by atomic mass is 19.3. The second-order valence-electron chi connectivity index (χ2n) is 10.3. The van der Waals surface area contributed by atoms with Crippen LogP contribution >= 0.6 is 0 Å². The van der Waals surface area contributed by atoms with Crippen LogP contribution in [-0.4, -0.2) is 61.2 Å². The quantitative estimate of drug-likeness (QED) is 0.579. The van der Waals surface area contributed by atoms with E-state index in [9.17, 15) is 18.4 Å². The van der Waals surface area contributed by atoms with Crippen molar-refractivity contribution < 1.29 is 18.4 Å². The second kappa shape index (κ2) is 7.50. The fraction of sp³-hybridized carbons (Fsp3) is 0.500. The topological polar surface area (TPSA) is 111 Å². The van der Waals surface area contributed by atoms with Gasteiger partial charge in [0.2, 0.25) is 5.91 Å². The fourth-order valence-corrected chi connectivity index (χ4v) is 5.96. The molecule has 0 bridgehead atoms. The first-order valence-corrected chi connectivity index (χ1v) is 11.9. The zero-order chi connectivity index (χ0) is 24.6. The summed E-state index contributed by atoms with van der Waals surface area (Å²) in [6.45, 7) is 3.12. The van der Waals surface area contributed by atoms with Gasteiger partial charge in [-0.25, -0.2) is 13.3 Å². The van der Waals surface area contributed by atoms with Crippen LogP contribution in [0, 0.1) is 23.7 Å². The van der Waals surface area contributed by atoms with Crippen LogP contribution in [-0.2, 0) is 11.8 Å². The molecule has 1 aliphatic heterocycles. The minimum Gasteiger partial charge on any atom is -0.380 e. The van der Waals surface area contributed by atoms with Crippen LogP contribution in [0.5, 0.6) is 0 Å². The van der Waals surface area contributed by atoms with E-state index in [1.165, 1.54) is 6.20 Å². The van der Waals surface area contributed by atoms with Gasteiger partial charge in [-0.1, -0.05) is 6.92 Å².